The van der Waals surface area contributed by atoms with Crippen LogP contribution in [0.2, 0.25) is 0 Å². The molecule has 9 nitrogen and oxygen atoms in total. The molecular weight excluding hydrogens is 308 g/mol. The van der Waals surface area contributed by atoms with Gasteiger partial charge in [0, 0.05) is 12.8 Å². The van der Waals surface area contributed by atoms with Crippen LogP contribution in [0.1, 0.15) is 26.2 Å². The standard InChI is InChI=1S/C14H24N2O7/c1-3-7-10(17)9(16-2)11-8(22-7)5-14(23-11,13(20)21)4-6(15)12(18)19/h6-11,16-17H,3-5,15H2,1-2H3,(H,18,19)(H,20,21)/t6-,7-,8+,9+,10+,11-,14+/m0/s1. The number of carbonyl (C=O) groups is 2. The van der Waals surface area contributed by atoms with Crippen LogP contribution < -0.4 is 11.1 Å². The Labute approximate surface area is 133 Å². The summed E-state index contributed by atoms with van der Waals surface area (Å²) in [4.78, 5) is 22.7. The number of likely N-dealkylation sites (N-methyl/N-ethyl adjacent to an activating group) is 1. The number of rotatable bonds is 6. The molecule has 0 aliphatic carbocycles. The minimum Gasteiger partial charge on any atom is -0.480 e. The second-order valence-electron chi connectivity index (χ2n) is 6.16. The first kappa shape index (κ1) is 18.1. The van der Waals surface area contributed by atoms with E-state index in [0.29, 0.717) is 6.42 Å². The quantitative estimate of drug-likeness (QED) is 0.392. The maximum Gasteiger partial charge on any atom is 0.336 e. The smallest absolute Gasteiger partial charge is 0.336 e. The van der Waals surface area contributed by atoms with Crippen molar-refractivity contribution >= 4 is 11.9 Å². The zero-order chi connectivity index (χ0) is 17.4. The van der Waals surface area contributed by atoms with Crippen LogP contribution in [-0.2, 0) is 19.1 Å². The average Bonchev–Trinajstić information content (AvgIpc) is 2.85. The van der Waals surface area contributed by atoms with Crippen LogP contribution in [0, 0.1) is 0 Å². The van der Waals surface area contributed by atoms with E-state index in [1.54, 1.807) is 7.05 Å². The van der Waals surface area contributed by atoms with Gasteiger partial charge in [0.1, 0.15) is 12.1 Å². The van der Waals surface area contributed by atoms with Crippen LogP contribution in [0.3, 0.4) is 0 Å². The van der Waals surface area contributed by atoms with Crippen molar-refractivity contribution in [1.29, 1.82) is 0 Å². The predicted octanol–water partition coefficient (Wildman–Crippen LogP) is -1.47. The zero-order valence-electron chi connectivity index (χ0n) is 13.1. The third-order valence-electron chi connectivity index (χ3n) is 4.70. The molecule has 23 heavy (non-hydrogen) atoms. The van der Waals surface area contributed by atoms with E-state index in [2.05, 4.69) is 5.32 Å². The molecule has 0 saturated carbocycles. The first-order valence-corrected chi connectivity index (χ1v) is 7.66. The average molecular weight is 332 g/mol. The van der Waals surface area contributed by atoms with Gasteiger partial charge in [-0.2, -0.15) is 0 Å². The van der Waals surface area contributed by atoms with Gasteiger partial charge >= 0.3 is 11.9 Å². The molecule has 0 aromatic rings. The molecule has 0 bridgehead atoms. The summed E-state index contributed by atoms with van der Waals surface area (Å²) in [6.45, 7) is 1.86. The Kier molecular flexibility index (Phi) is 5.27. The Hall–Kier alpha value is -1.26. The van der Waals surface area contributed by atoms with Gasteiger partial charge in [-0.3, -0.25) is 4.79 Å². The Morgan fingerprint density at radius 1 is 1.43 bits per heavy atom. The van der Waals surface area contributed by atoms with Gasteiger partial charge in [0.2, 0.25) is 0 Å². The van der Waals surface area contributed by atoms with E-state index in [-0.39, 0.29) is 12.8 Å². The van der Waals surface area contributed by atoms with Gasteiger partial charge in [0.05, 0.1) is 24.4 Å². The lowest BCUT2D eigenvalue weighted by molar-refractivity contribution is -0.188. The number of hydrogen-bond donors (Lipinski definition) is 5. The lowest BCUT2D eigenvalue weighted by atomic mass is 9.87. The number of fused-ring (bicyclic) bond motifs is 1. The number of hydrogen-bond acceptors (Lipinski definition) is 7. The van der Waals surface area contributed by atoms with Crippen molar-refractivity contribution in [1.82, 2.24) is 5.32 Å². The molecule has 2 rings (SSSR count). The van der Waals surface area contributed by atoms with E-state index >= 15 is 0 Å². The van der Waals surface area contributed by atoms with Crippen molar-refractivity contribution in [2.45, 2.75) is 68.3 Å². The molecule has 2 saturated heterocycles. The molecule has 2 heterocycles. The summed E-state index contributed by atoms with van der Waals surface area (Å²) >= 11 is 0. The number of carboxylic acids is 2. The topological polar surface area (TPSA) is 151 Å². The van der Waals surface area contributed by atoms with Crippen molar-refractivity contribution in [3.63, 3.8) is 0 Å². The number of nitrogens with one attached hydrogen (secondary N) is 1. The van der Waals surface area contributed by atoms with E-state index in [1.165, 1.54) is 0 Å². The Morgan fingerprint density at radius 3 is 2.57 bits per heavy atom. The highest BCUT2D eigenvalue weighted by Crippen LogP contribution is 2.41. The van der Waals surface area contributed by atoms with Crippen molar-refractivity contribution in [3.05, 3.63) is 0 Å². The second kappa shape index (κ2) is 6.70. The lowest BCUT2D eigenvalue weighted by Gasteiger charge is -2.41. The van der Waals surface area contributed by atoms with Crippen molar-refractivity contribution in [3.8, 4) is 0 Å². The van der Waals surface area contributed by atoms with E-state index in [9.17, 15) is 19.8 Å². The minimum atomic E-state index is -1.73. The zero-order valence-corrected chi connectivity index (χ0v) is 13.1. The van der Waals surface area contributed by atoms with Crippen LogP contribution in [0.5, 0.6) is 0 Å². The Bertz CT molecular complexity index is 474. The summed E-state index contributed by atoms with van der Waals surface area (Å²) in [6.07, 6.45) is -2.31. The fourth-order valence-electron chi connectivity index (χ4n) is 3.46. The first-order valence-electron chi connectivity index (χ1n) is 7.66. The van der Waals surface area contributed by atoms with E-state index in [4.69, 9.17) is 20.3 Å². The number of aliphatic hydroxyl groups is 1. The fraction of sp³-hybridized carbons (Fsp3) is 0.857. The normalized spacial score (nSPS) is 41.3. The number of aliphatic hydroxyl groups excluding tert-OH is 1. The maximum atomic E-state index is 11.7. The summed E-state index contributed by atoms with van der Waals surface area (Å²) in [5.74, 6) is -2.56. The molecule has 2 fully saturated rings. The van der Waals surface area contributed by atoms with Gasteiger partial charge in [-0.15, -0.1) is 0 Å². The van der Waals surface area contributed by atoms with Crippen LogP contribution in [0.25, 0.3) is 0 Å². The van der Waals surface area contributed by atoms with Crippen molar-refractivity contribution < 1.29 is 34.4 Å². The Balaban J connectivity index is 2.26. The molecule has 2 aliphatic heterocycles. The van der Waals surface area contributed by atoms with Crippen LogP contribution in [0.4, 0.5) is 0 Å². The highest BCUT2D eigenvalue weighted by molar-refractivity contribution is 5.81. The van der Waals surface area contributed by atoms with Gasteiger partial charge < -0.3 is 35.8 Å². The monoisotopic (exact) mass is 332 g/mol. The van der Waals surface area contributed by atoms with E-state index in [1.807, 2.05) is 6.92 Å². The van der Waals surface area contributed by atoms with Crippen LogP contribution >= 0.6 is 0 Å². The van der Waals surface area contributed by atoms with Gasteiger partial charge in [-0.05, 0) is 13.5 Å². The largest absolute Gasteiger partial charge is 0.480 e. The van der Waals surface area contributed by atoms with Crippen molar-refractivity contribution in [2.24, 2.45) is 5.73 Å². The molecular formula is C14H24N2O7. The molecule has 0 radical (unpaired) electrons. The Morgan fingerprint density at radius 2 is 2.09 bits per heavy atom. The SMILES string of the molecule is CC[C@@H]1O[C@@H]2C[C@](C[C@H](N)C(=O)O)(C(=O)O)O[C@@H]2[C@H](NC)[C@@H]1O. The summed E-state index contributed by atoms with van der Waals surface area (Å²) in [6, 6.07) is -1.85. The highest BCUT2D eigenvalue weighted by atomic mass is 16.6. The molecule has 2 aliphatic rings. The molecule has 0 aromatic carbocycles. The molecule has 0 spiro atoms. The fourth-order valence-corrected chi connectivity index (χ4v) is 3.46. The van der Waals surface area contributed by atoms with E-state index < -0.39 is 54.0 Å². The number of ether oxygens (including phenoxy) is 2. The molecule has 0 unspecified atom stereocenters. The van der Waals surface area contributed by atoms with Crippen LogP contribution in [-0.4, -0.2) is 76.4 Å². The van der Waals surface area contributed by atoms with Crippen molar-refractivity contribution in [2.75, 3.05) is 7.05 Å². The lowest BCUT2D eigenvalue weighted by Crippen LogP contribution is -2.61. The molecule has 0 amide bonds. The summed E-state index contributed by atoms with van der Waals surface area (Å²) in [5.41, 5.74) is 3.78. The van der Waals surface area contributed by atoms with E-state index in [0.717, 1.165) is 0 Å². The molecule has 7 atom stereocenters. The van der Waals surface area contributed by atoms with Crippen LogP contribution in [0.15, 0.2) is 0 Å². The number of carboxylic acid groups (broad SMARTS) is 2. The number of nitrogens with two attached hydrogens (primary N) is 1. The minimum absolute atomic E-state index is 0.00458. The maximum absolute atomic E-state index is 11.7. The van der Waals surface area contributed by atoms with Gasteiger partial charge in [-0.1, -0.05) is 6.92 Å². The van der Waals surface area contributed by atoms with Gasteiger partial charge in [0.25, 0.3) is 0 Å². The third kappa shape index (κ3) is 3.20. The summed E-state index contributed by atoms with van der Waals surface area (Å²) < 4.78 is 11.5. The molecule has 6 N–H and O–H groups in total. The van der Waals surface area contributed by atoms with Gasteiger partial charge in [-0.25, -0.2) is 4.79 Å². The molecule has 9 heteroatoms. The molecule has 132 valence electrons. The second-order valence-corrected chi connectivity index (χ2v) is 6.16. The third-order valence-corrected chi connectivity index (χ3v) is 4.70. The predicted molar refractivity (Wildman–Crippen MR) is 77.9 cm³/mol. The molecule has 0 aromatic heterocycles. The first-order chi connectivity index (χ1) is 10.8. The summed E-state index contributed by atoms with van der Waals surface area (Å²) in [5, 5.41) is 31.8. The van der Waals surface area contributed by atoms with Gasteiger partial charge in [0.15, 0.2) is 5.60 Å². The number of aliphatic carboxylic acids is 2. The highest BCUT2D eigenvalue weighted by Gasteiger charge is 2.59. The summed E-state index contributed by atoms with van der Waals surface area (Å²) in [7, 11) is 1.65.